The fourth-order valence-corrected chi connectivity index (χ4v) is 3.11. The van der Waals surface area contributed by atoms with Crippen molar-refractivity contribution in [3.8, 4) is 0 Å². The number of hydrogen-bond donors (Lipinski definition) is 1. The molecule has 0 aliphatic rings. The van der Waals surface area contributed by atoms with Gasteiger partial charge in [-0.05, 0) is 25.5 Å². The number of carbonyl (C=O) groups is 2. The van der Waals surface area contributed by atoms with Gasteiger partial charge in [0.25, 0.3) is 11.5 Å². The lowest BCUT2D eigenvalue weighted by molar-refractivity contribution is -0.147. The first-order chi connectivity index (χ1) is 13.9. The van der Waals surface area contributed by atoms with Gasteiger partial charge in [-0.25, -0.2) is 4.68 Å². The van der Waals surface area contributed by atoms with Crippen molar-refractivity contribution in [1.82, 2.24) is 15.1 Å². The second-order valence-corrected chi connectivity index (χ2v) is 7.00. The summed E-state index contributed by atoms with van der Waals surface area (Å²) in [6, 6.07) is 15.4. The summed E-state index contributed by atoms with van der Waals surface area (Å²) in [4.78, 5) is 37.6. The number of nitrogens with one attached hydrogen (secondary N) is 1. The molecular weight excluding hydrogens is 370 g/mol. The lowest BCUT2D eigenvalue weighted by atomic mass is 10.0. The molecule has 1 atom stereocenters. The highest BCUT2D eigenvalue weighted by atomic mass is 16.5. The van der Waals surface area contributed by atoms with Crippen LogP contribution in [0, 0.1) is 0 Å². The normalized spacial score (nSPS) is 12.0. The molecule has 0 radical (unpaired) electrons. The van der Waals surface area contributed by atoms with Gasteiger partial charge in [0, 0.05) is 12.4 Å². The van der Waals surface area contributed by atoms with Gasteiger partial charge in [0.2, 0.25) is 0 Å². The zero-order chi connectivity index (χ0) is 21.0. The predicted molar refractivity (Wildman–Crippen MR) is 109 cm³/mol. The van der Waals surface area contributed by atoms with Gasteiger partial charge in [-0.15, -0.1) is 0 Å². The Bertz CT molecular complexity index is 1090. The van der Waals surface area contributed by atoms with Crippen LogP contribution in [0.15, 0.2) is 59.4 Å². The lowest BCUT2D eigenvalue weighted by Crippen LogP contribution is -2.33. The molecule has 3 aromatic rings. The number of fused-ring (bicyclic) bond motifs is 1. The number of carbonyl (C=O) groups excluding carboxylic acids is 2. The Morgan fingerprint density at radius 1 is 1.03 bits per heavy atom. The van der Waals surface area contributed by atoms with Gasteiger partial charge < -0.3 is 10.1 Å². The molecule has 1 aromatic heterocycles. The summed E-state index contributed by atoms with van der Waals surface area (Å²) in [5.74, 6) is -0.879. The van der Waals surface area contributed by atoms with Crippen LogP contribution in [0.5, 0.6) is 0 Å². The minimum Gasteiger partial charge on any atom is -0.463 e. The molecule has 1 unspecified atom stereocenters. The minimum atomic E-state index is -0.590. The Kier molecular flexibility index (Phi) is 6.07. The average molecular weight is 393 g/mol. The first-order valence-electron chi connectivity index (χ1n) is 9.38. The Morgan fingerprint density at radius 2 is 1.66 bits per heavy atom. The molecule has 2 aromatic carbocycles. The Labute approximate surface area is 168 Å². The quantitative estimate of drug-likeness (QED) is 0.651. The van der Waals surface area contributed by atoms with E-state index < -0.39 is 17.9 Å². The third-order valence-corrected chi connectivity index (χ3v) is 4.42. The molecule has 0 saturated carbocycles. The van der Waals surface area contributed by atoms with E-state index in [4.69, 9.17) is 4.74 Å². The monoisotopic (exact) mass is 393 g/mol. The Hall–Kier alpha value is -3.48. The van der Waals surface area contributed by atoms with Crippen LogP contribution in [0.2, 0.25) is 0 Å². The third-order valence-electron chi connectivity index (χ3n) is 4.42. The zero-order valence-corrected chi connectivity index (χ0v) is 16.6. The van der Waals surface area contributed by atoms with Crippen LogP contribution in [0.3, 0.4) is 0 Å². The van der Waals surface area contributed by atoms with Gasteiger partial charge in [-0.2, -0.15) is 5.10 Å². The largest absolute Gasteiger partial charge is 0.463 e. The van der Waals surface area contributed by atoms with E-state index in [1.807, 2.05) is 30.3 Å². The number of nitrogens with zero attached hydrogens (tertiary/aromatic N) is 2. The number of rotatable bonds is 6. The van der Waals surface area contributed by atoms with Gasteiger partial charge in [-0.1, -0.05) is 48.5 Å². The van der Waals surface area contributed by atoms with E-state index in [0.717, 1.165) is 10.2 Å². The highest BCUT2D eigenvalue weighted by Crippen LogP contribution is 2.20. The molecule has 0 spiro atoms. The summed E-state index contributed by atoms with van der Waals surface area (Å²) in [6.45, 7) is 3.54. The van der Waals surface area contributed by atoms with Gasteiger partial charge >= 0.3 is 5.97 Å². The lowest BCUT2D eigenvalue weighted by Gasteiger charge is -2.20. The molecule has 1 amide bonds. The molecule has 150 valence electrons. The van der Waals surface area contributed by atoms with Gasteiger partial charge in [-0.3, -0.25) is 14.4 Å². The second kappa shape index (κ2) is 8.68. The molecule has 1 N–H and O–H groups in total. The third kappa shape index (κ3) is 4.68. The van der Waals surface area contributed by atoms with E-state index in [1.165, 1.54) is 7.05 Å². The van der Waals surface area contributed by atoms with E-state index in [-0.39, 0.29) is 23.8 Å². The average Bonchev–Trinajstić information content (AvgIpc) is 2.70. The number of esters is 1. The number of aryl methyl sites for hydroxylation is 1. The van der Waals surface area contributed by atoms with Crippen LogP contribution >= 0.6 is 0 Å². The van der Waals surface area contributed by atoms with Crippen molar-refractivity contribution in [3.05, 3.63) is 76.2 Å². The Balaban J connectivity index is 1.95. The van der Waals surface area contributed by atoms with E-state index in [2.05, 4.69) is 10.4 Å². The molecule has 0 aliphatic heterocycles. The van der Waals surface area contributed by atoms with Crippen LogP contribution in [-0.4, -0.2) is 27.8 Å². The molecule has 7 nitrogen and oxygen atoms in total. The number of aromatic nitrogens is 2. The van der Waals surface area contributed by atoms with Gasteiger partial charge in [0.05, 0.1) is 24.0 Å². The number of hydrogen-bond acceptors (Lipinski definition) is 5. The van der Waals surface area contributed by atoms with Crippen molar-refractivity contribution in [1.29, 1.82) is 0 Å². The van der Waals surface area contributed by atoms with Crippen molar-refractivity contribution >= 4 is 22.6 Å². The molecule has 7 heteroatoms. The van der Waals surface area contributed by atoms with Crippen molar-refractivity contribution in [3.63, 3.8) is 0 Å². The van der Waals surface area contributed by atoms with Crippen LogP contribution in [0.1, 0.15) is 42.4 Å². The summed E-state index contributed by atoms with van der Waals surface area (Å²) in [5, 5.41) is 7.90. The molecule has 29 heavy (non-hydrogen) atoms. The highest BCUT2D eigenvalue weighted by molar-refractivity contribution is 6.05. The van der Waals surface area contributed by atoms with E-state index in [9.17, 15) is 14.4 Å². The van der Waals surface area contributed by atoms with Gasteiger partial charge in [0.15, 0.2) is 5.69 Å². The van der Waals surface area contributed by atoms with Crippen LogP contribution in [-0.2, 0) is 16.6 Å². The minimum absolute atomic E-state index is 0.0162. The summed E-state index contributed by atoms with van der Waals surface area (Å²) >= 11 is 0. The van der Waals surface area contributed by atoms with Crippen molar-refractivity contribution < 1.29 is 14.3 Å². The zero-order valence-electron chi connectivity index (χ0n) is 16.6. The molecular formula is C22H23N3O4. The maximum Gasteiger partial charge on any atom is 0.308 e. The summed E-state index contributed by atoms with van der Waals surface area (Å²) in [5.41, 5.74) is 0.619. The van der Waals surface area contributed by atoms with Crippen molar-refractivity contribution in [2.75, 3.05) is 0 Å². The van der Waals surface area contributed by atoms with Crippen molar-refractivity contribution in [2.24, 2.45) is 7.05 Å². The predicted octanol–water partition coefficient (Wildman–Crippen LogP) is 2.75. The maximum absolute atomic E-state index is 13.1. The van der Waals surface area contributed by atoms with E-state index in [1.54, 1.807) is 38.1 Å². The SMILES string of the molecule is CC(C)OC(=O)CC(NC(=O)c1nn(C)c(=O)c2ccccc12)c1ccccc1. The first kappa shape index (κ1) is 20.3. The first-order valence-corrected chi connectivity index (χ1v) is 9.38. The molecule has 0 bridgehead atoms. The molecule has 0 aliphatic carbocycles. The maximum atomic E-state index is 13.1. The summed E-state index contributed by atoms with van der Waals surface area (Å²) in [6.07, 6.45) is -0.263. The Morgan fingerprint density at radius 3 is 2.31 bits per heavy atom. The standard InChI is InChI=1S/C22H23N3O4/c1-14(2)29-19(26)13-18(15-9-5-4-6-10-15)23-21(27)20-16-11-7-8-12-17(16)22(28)25(3)24-20/h4-12,14,18H,13H2,1-3H3,(H,23,27). The number of amides is 1. The van der Waals surface area contributed by atoms with Crippen LogP contribution in [0.4, 0.5) is 0 Å². The van der Waals surface area contributed by atoms with Crippen LogP contribution in [0.25, 0.3) is 10.8 Å². The second-order valence-electron chi connectivity index (χ2n) is 7.00. The van der Waals surface area contributed by atoms with Crippen molar-refractivity contribution in [2.45, 2.75) is 32.4 Å². The topological polar surface area (TPSA) is 90.3 Å². The fraction of sp³-hybridized carbons (Fsp3) is 0.273. The molecule has 1 heterocycles. The fourth-order valence-electron chi connectivity index (χ4n) is 3.11. The highest BCUT2D eigenvalue weighted by Gasteiger charge is 2.23. The smallest absolute Gasteiger partial charge is 0.308 e. The summed E-state index contributed by atoms with van der Waals surface area (Å²) < 4.78 is 6.38. The molecule has 3 rings (SSSR count). The van der Waals surface area contributed by atoms with E-state index >= 15 is 0 Å². The van der Waals surface area contributed by atoms with Crippen LogP contribution < -0.4 is 10.9 Å². The number of benzene rings is 2. The molecule has 0 saturated heterocycles. The molecule has 0 fully saturated rings. The number of ether oxygens (including phenoxy) is 1. The van der Waals surface area contributed by atoms with E-state index in [0.29, 0.717) is 10.8 Å². The van der Waals surface area contributed by atoms with Gasteiger partial charge in [0.1, 0.15) is 0 Å². The summed E-state index contributed by atoms with van der Waals surface area (Å²) in [7, 11) is 1.50.